The van der Waals surface area contributed by atoms with Gasteiger partial charge in [0.2, 0.25) is 0 Å². The molecule has 0 bridgehead atoms. The summed E-state index contributed by atoms with van der Waals surface area (Å²) in [6.07, 6.45) is 3.40. The van der Waals surface area contributed by atoms with Gasteiger partial charge in [0.05, 0.1) is 0 Å². The van der Waals surface area contributed by atoms with Crippen LogP contribution in [0.3, 0.4) is 0 Å². The Morgan fingerprint density at radius 2 is 1.90 bits per heavy atom. The van der Waals surface area contributed by atoms with Gasteiger partial charge in [-0.25, -0.2) is 0 Å². The van der Waals surface area contributed by atoms with Crippen LogP contribution in [0.4, 0.5) is 0 Å². The summed E-state index contributed by atoms with van der Waals surface area (Å²) in [5, 5.41) is 9.23. The lowest BCUT2D eigenvalue weighted by Gasteiger charge is -2.02. The van der Waals surface area contributed by atoms with Gasteiger partial charge >= 0.3 is 0 Å². The summed E-state index contributed by atoms with van der Waals surface area (Å²) in [6.45, 7) is 4.79. The highest BCUT2D eigenvalue weighted by Crippen LogP contribution is 2.11. The smallest absolute Gasteiger partial charge is 0.0431 e. The van der Waals surface area contributed by atoms with Gasteiger partial charge in [0.25, 0.3) is 0 Å². The molecule has 0 saturated heterocycles. The Bertz CT molecular complexity index is 64.3. The molecule has 1 N–H and O–H groups in total. The molecular weight excluding hydrogens is 144 g/mol. The van der Waals surface area contributed by atoms with E-state index in [1.807, 2.05) is 11.8 Å². The SMILES string of the molecule is CC(C)SCCCCCO. The van der Waals surface area contributed by atoms with Gasteiger partial charge in [0, 0.05) is 6.61 Å². The zero-order valence-electron chi connectivity index (χ0n) is 6.97. The fraction of sp³-hybridized carbons (Fsp3) is 1.00. The van der Waals surface area contributed by atoms with E-state index in [0.717, 1.165) is 11.7 Å². The molecule has 0 rings (SSSR count). The third-order valence-electron chi connectivity index (χ3n) is 1.25. The average molecular weight is 162 g/mol. The third-order valence-corrected chi connectivity index (χ3v) is 2.44. The van der Waals surface area contributed by atoms with Crippen molar-refractivity contribution in [2.45, 2.75) is 38.4 Å². The van der Waals surface area contributed by atoms with Gasteiger partial charge in [-0.3, -0.25) is 0 Å². The molecule has 0 fully saturated rings. The van der Waals surface area contributed by atoms with Crippen molar-refractivity contribution < 1.29 is 5.11 Å². The Kier molecular flexibility index (Phi) is 7.65. The Hall–Kier alpha value is 0.310. The normalized spacial score (nSPS) is 10.8. The van der Waals surface area contributed by atoms with Crippen LogP contribution in [0.2, 0.25) is 0 Å². The van der Waals surface area contributed by atoms with Gasteiger partial charge in [0.1, 0.15) is 0 Å². The fourth-order valence-corrected chi connectivity index (χ4v) is 1.55. The van der Waals surface area contributed by atoms with E-state index in [9.17, 15) is 0 Å². The molecule has 0 radical (unpaired) electrons. The van der Waals surface area contributed by atoms with Crippen molar-refractivity contribution in [3.8, 4) is 0 Å². The van der Waals surface area contributed by atoms with Crippen molar-refractivity contribution in [1.29, 1.82) is 0 Å². The highest BCUT2D eigenvalue weighted by atomic mass is 32.2. The summed E-state index contributed by atoms with van der Waals surface area (Å²) in [5.41, 5.74) is 0. The summed E-state index contributed by atoms with van der Waals surface area (Å²) in [6, 6.07) is 0. The standard InChI is InChI=1S/C8H18OS/c1-8(2)10-7-5-3-4-6-9/h8-9H,3-7H2,1-2H3. The second-order valence-electron chi connectivity index (χ2n) is 2.70. The molecule has 0 aromatic carbocycles. The van der Waals surface area contributed by atoms with Crippen molar-refractivity contribution in [3.63, 3.8) is 0 Å². The molecule has 0 aromatic rings. The molecule has 2 heteroatoms. The van der Waals surface area contributed by atoms with Gasteiger partial charge in [-0.05, 0) is 23.8 Å². The minimum atomic E-state index is 0.354. The van der Waals surface area contributed by atoms with Gasteiger partial charge < -0.3 is 5.11 Å². The molecule has 0 aliphatic rings. The number of aliphatic hydroxyl groups excluding tert-OH is 1. The maximum absolute atomic E-state index is 8.47. The average Bonchev–Trinajstić information content (AvgIpc) is 1.87. The summed E-state index contributed by atoms with van der Waals surface area (Å²) in [5.74, 6) is 1.25. The second kappa shape index (κ2) is 7.42. The molecule has 0 aliphatic carbocycles. The highest BCUT2D eigenvalue weighted by molar-refractivity contribution is 7.99. The number of thioether (sulfide) groups is 1. The minimum Gasteiger partial charge on any atom is -0.396 e. The van der Waals surface area contributed by atoms with E-state index in [4.69, 9.17) is 5.11 Å². The first-order valence-electron chi connectivity index (χ1n) is 4.00. The van der Waals surface area contributed by atoms with Crippen LogP contribution < -0.4 is 0 Å². The molecule has 0 spiro atoms. The topological polar surface area (TPSA) is 20.2 Å². The zero-order valence-corrected chi connectivity index (χ0v) is 7.78. The van der Waals surface area contributed by atoms with Crippen LogP contribution in [-0.4, -0.2) is 22.7 Å². The van der Waals surface area contributed by atoms with Crippen LogP contribution in [0.25, 0.3) is 0 Å². The van der Waals surface area contributed by atoms with E-state index in [2.05, 4.69) is 13.8 Å². The van der Waals surface area contributed by atoms with Crippen LogP contribution in [0.1, 0.15) is 33.1 Å². The van der Waals surface area contributed by atoms with Crippen LogP contribution in [0.15, 0.2) is 0 Å². The second-order valence-corrected chi connectivity index (χ2v) is 4.39. The van der Waals surface area contributed by atoms with Crippen LogP contribution >= 0.6 is 11.8 Å². The molecule has 0 atom stereocenters. The largest absolute Gasteiger partial charge is 0.396 e. The Morgan fingerprint density at radius 1 is 1.20 bits per heavy atom. The summed E-state index contributed by atoms with van der Waals surface area (Å²) < 4.78 is 0. The third kappa shape index (κ3) is 8.31. The maximum atomic E-state index is 8.47. The lowest BCUT2D eigenvalue weighted by Crippen LogP contribution is -1.90. The quantitative estimate of drug-likeness (QED) is 0.605. The molecule has 0 saturated carbocycles. The van der Waals surface area contributed by atoms with E-state index in [1.165, 1.54) is 18.6 Å². The van der Waals surface area contributed by atoms with E-state index < -0.39 is 0 Å². The number of aliphatic hydroxyl groups is 1. The predicted molar refractivity (Wildman–Crippen MR) is 48.5 cm³/mol. The van der Waals surface area contributed by atoms with Crippen molar-refractivity contribution in [2.75, 3.05) is 12.4 Å². The molecule has 0 aromatic heterocycles. The monoisotopic (exact) mass is 162 g/mol. The Balaban J connectivity index is 2.77. The Morgan fingerprint density at radius 3 is 2.40 bits per heavy atom. The lowest BCUT2D eigenvalue weighted by molar-refractivity contribution is 0.284. The van der Waals surface area contributed by atoms with Crippen molar-refractivity contribution in [1.82, 2.24) is 0 Å². The first-order chi connectivity index (χ1) is 4.77. The van der Waals surface area contributed by atoms with E-state index in [1.54, 1.807) is 0 Å². The molecule has 0 unspecified atom stereocenters. The van der Waals surface area contributed by atoms with Crippen LogP contribution in [-0.2, 0) is 0 Å². The molecule has 0 amide bonds. The molecule has 62 valence electrons. The summed E-state index contributed by atoms with van der Waals surface area (Å²) in [4.78, 5) is 0. The molecule has 0 heterocycles. The van der Waals surface area contributed by atoms with Crippen molar-refractivity contribution >= 4 is 11.8 Å². The van der Waals surface area contributed by atoms with Gasteiger partial charge in [-0.2, -0.15) is 11.8 Å². The summed E-state index contributed by atoms with van der Waals surface area (Å²) >= 11 is 2.00. The van der Waals surface area contributed by atoms with E-state index in [0.29, 0.717) is 6.61 Å². The van der Waals surface area contributed by atoms with Gasteiger partial charge in [-0.1, -0.05) is 20.3 Å². The first-order valence-corrected chi connectivity index (χ1v) is 5.04. The van der Waals surface area contributed by atoms with Gasteiger partial charge in [-0.15, -0.1) is 0 Å². The number of unbranched alkanes of at least 4 members (excludes halogenated alkanes) is 2. The van der Waals surface area contributed by atoms with E-state index in [-0.39, 0.29) is 0 Å². The van der Waals surface area contributed by atoms with Gasteiger partial charge in [0.15, 0.2) is 0 Å². The predicted octanol–water partition coefficient (Wildman–Crippen LogP) is 2.29. The first kappa shape index (κ1) is 10.3. The van der Waals surface area contributed by atoms with Crippen LogP contribution in [0.5, 0.6) is 0 Å². The summed E-state index contributed by atoms with van der Waals surface area (Å²) in [7, 11) is 0. The molecule has 0 aliphatic heterocycles. The number of rotatable bonds is 6. The fourth-order valence-electron chi connectivity index (χ4n) is 0.710. The molecule has 10 heavy (non-hydrogen) atoms. The minimum absolute atomic E-state index is 0.354. The van der Waals surface area contributed by atoms with Crippen molar-refractivity contribution in [3.05, 3.63) is 0 Å². The van der Waals surface area contributed by atoms with Crippen molar-refractivity contribution in [2.24, 2.45) is 0 Å². The zero-order chi connectivity index (χ0) is 7.82. The molecular formula is C8H18OS. The molecule has 1 nitrogen and oxygen atoms in total. The Labute approximate surface area is 68.2 Å². The number of hydrogen-bond acceptors (Lipinski definition) is 2. The van der Waals surface area contributed by atoms with Crippen LogP contribution in [0, 0.1) is 0 Å². The highest BCUT2D eigenvalue weighted by Gasteiger charge is 1.92. The number of hydrogen-bond donors (Lipinski definition) is 1. The maximum Gasteiger partial charge on any atom is 0.0431 e. The lowest BCUT2D eigenvalue weighted by atomic mass is 10.3. The van der Waals surface area contributed by atoms with E-state index >= 15 is 0 Å².